The van der Waals surface area contributed by atoms with E-state index in [0.717, 1.165) is 42.0 Å². The first kappa shape index (κ1) is 27.8. The van der Waals surface area contributed by atoms with Crippen LogP contribution >= 0.6 is 0 Å². The monoisotopic (exact) mass is 582 g/mol. The average Bonchev–Trinajstić information content (AvgIpc) is 3.01. The molecule has 2 aromatic heterocycles. The summed E-state index contributed by atoms with van der Waals surface area (Å²) < 4.78 is 28.6. The molecule has 5 aromatic rings. The number of amides is 1. The molecule has 0 radical (unpaired) electrons. The van der Waals surface area contributed by atoms with Gasteiger partial charge < -0.3 is 20.2 Å². The Balaban J connectivity index is 1.23. The van der Waals surface area contributed by atoms with Gasteiger partial charge in [0.15, 0.2) is 5.65 Å². The Morgan fingerprint density at radius 3 is 2.23 bits per heavy atom. The molecule has 9 nitrogen and oxygen atoms in total. The van der Waals surface area contributed by atoms with Crippen LogP contribution in [0.25, 0.3) is 16.7 Å². The molecule has 0 unspecified atom stereocenters. The molecule has 0 spiro atoms. The molecule has 6 rings (SSSR count). The first-order valence-electron chi connectivity index (χ1n) is 13.8. The van der Waals surface area contributed by atoms with Gasteiger partial charge in [0.25, 0.3) is 11.5 Å². The zero-order valence-corrected chi connectivity index (χ0v) is 23.3. The predicted molar refractivity (Wildman–Crippen MR) is 160 cm³/mol. The lowest BCUT2D eigenvalue weighted by molar-refractivity contribution is 0.0950. The molecule has 1 saturated heterocycles. The van der Waals surface area contributed by atoms with E-state index in [-0.39, 0.29) is 23.4 Å². The molecule has 1 amide bonds. The highest BCUT2D eigenvalue weighted by atomic mass is 19.1. The van der Waals surface area contributed by atoms with Crippen molar-refractivity contribution in [3.05, 3.63) is 118 Å². The summed E-state index contributed by atoms with van der Waals surface area (Å²) in [5.74, 6) is -1.11. The van der Waals surface area contributed by atoms with Crippen molar-refractivity contribution in [1.29, 1.82) is 0 Å². The van der Waals surface area contributed by atoms with E-state index < -0.39 is 17.5 Å². The first-order valence-corrected chi connectivity index (χ1v) is 13.8. The van der Waals surface area contributed by atoms with E-state index in [1.54, 1.807) is 42.5 Å². The van der Waals surface area contributed by atoms with Crippen LogP contribution in [0.5, 0.6) is 5.75 Å². The highest BCUT2D eigenvalue weighted by Crippen LogP contribution is 2.24. The summed E-state index contributed by atoms with van der Waals surface area (Å²) in [6.07, 6.45) is 0. The number of phenolic OH excluding ortho intramolecular Hbond substituents is 1. The second-order valence-corrected chi connectivity index (χ2v) is 10.3. The number of phenols is 1. The molecular formula is C32H28F2N6O3. The van der Waals surface area contributed by atoms with Crippen LogP contribution in [0.2, 0.25) is 0 Å². The molecule has 218 valence electrons. The number of fused-ring (bicyclic) bond motifs is 1. The lowest BCUT2D eigenvalue weighted by atomic mass is 10.1. The summed E-state index contributed by atoms with van der Waals surface area (Å²) in [5.41, 5.74) is 2.95. The van der Waals surface area contributed by atoms with Crippen LogP contribution in [-0.2, 0) is 6.54 Å². The SMILES string of the molecule is Cc1nc(N2CCN(c3ccc(O)cc3)CC2)nc2c1ccc(=O)n2-c1ccc(C(=O)NCc2ccc(F)cc2F)cc1. The lowest BCUT2D eigenvalue weighted by Gasteiger charge is -2.36. The quantitative estimate of drug-likeness (QED) is 0.307. The van der Waals surface area contributed by atoms with E-state index >= 15 is 0 Å². The van der Waals surface area contributed by atoms with Crippen molar-refractivity contribution in [2.24, 2.45) is 0 Å². The van der Waals surface area contributed by atoms with Gasteiger partial charge in [-0.1, -0.05) is 6.07 Å². The molecule has 3 heterocycles. The third kappa shape index (κ3) is 5.74. The van der Waals surface area contributed by atoms with E-state index in [2.05, 4.69) is 15.1 Å². The van der Waals surface area contributed by atoms with Crippen molar-refractivity contribution in [2.75, 3.05) is 36.0 Å². The second kappa shape index (κ2) is 11.5. The van der Waals surface area contributed by atoms with Crippen molar-refractivity contribution in [3.8, 4) is 11.4 Å². The number of carbonyl (C=O) groups is 1. The fourth-order valence-electron chi connectivity index (χ4n) is 5.17. The summed E-state index contributed by atoms with van der Waals surface area (Å²) in [4.78, 5) is 39.7. The maximum Gasteiger partial charge on any atom is 0.256 e. The molecule has 11 heteroatoms. The van der Waals surface area contributed by atoms with Gasteiger partial charge in [0.2, 0.25) is 5.95 Å². The minimum atomic E-state index is -0.734. The van der Waals surface area contributed by atoms with Gasteiger partial charge in [0, 0.05) is 67.1 Å². The molecular weight excluding hydrogens is 554 g/mol. The number of pyridine rings is 1. The zero-order chi connectivity index (χ0) is 30.1. The number of nitrogens with one attached hydrogen (secondary N) is 1. The number of aromatic hydroxyl groups is 1. The van der Waals surface area contributed by atoms with Crippen LogP contribution in [0, 0.1) is 18.6 Å². The molecule has 1 aliphatic heterocycles. The van der Waals surface area contributed by atoms with Gasteiger partial charge in [0.1, 0.15) is 17.4 Å². The zero-order valence-electron chi connectivity index (χ0n) is 23.3. The van der Waals surface area contributed by atoms with Gasteiger partial charge in [-0.25, -0.2) is 13.8 Å². The van der Waals surface area contributed by atoms with Crippen molar-refractivity contribution >= 4 is 28.6 Å². The minimum absolute atomic E-state index is 0.0996. The highest BCUT2D eigenvalue weighted by Gasteiger charge is 2.21. The fourth-order valence-corrected chi connectivity index (χ4v) is 5.17. The number of aryl methyl sites for hydroxylation is 1. The number of hydrogen-bond donors (Lipinski definition) is 2. The van der Waals surface area contributed by atoms with Gasteiger partial charge in [-0.3, -0.25) is 14.2 Å². The maximum absolute atomic E-state index is 13.9. The van der Waals surface area contributed by atoms with Crippen LogP contribution < -0.4 is 20.7 Å². The van der Waals surface area contributed by atoms with Crippen LogP contribution in [0.4, 0.5) is 20.4 Å². The number of piperazine rings is 1. The Morgan fingerprint density at radius 2 is 1.53 bits per heavy atom. The molecule has 0 atom stereocenters. The average molecular weight is 583 g/mol. The second-order valence-electron chi connectivity index (χ2n) is 10.3. The Kier molecular flexibility index (Phi) is 7.45. The summed E-state index contributed by atoms with van der Waals surface area (Å²) in [6, 6.07) is 20.0. The number of aromatic nitrogens is 3. The van der Waals surface area contributed by atoms with E-state index in [1.807, 2.05) is 19.1 Å². The van der Waals surface area contributed by atoms with Crippen molar-refractivity contribution in [3.63, 3.8) is 0 Å². The number of nitrogens with zero attached hydrogens (tertiary/aromatic N) is 5. The Hall–Kier alpha value is -5.32. The fraction of sp³-hybridized carbons (Fsp3) is 0.188. The molecule has 3 aromatic carbocycles. The number of hydrogen-bond acceptors (Lipinski definition) is 7. The lowest BCUT2D eigenvalue weighted by Crippen LogP contribution is -2.47. The normalized spacial score (nSPS) is 13.4. The van der Waals surface area contributed by atoms with Crippen molar-refractivity contribution in [1.82, 2.24) is 19.9 Å². The highest BCUT2D eigenvalue weighted by molar-refractivity contribution is 5.94. The summed E-state index contributed by atoms with van der Waals surface area (Å²) in [7, 11) is 0. The Labute approximate surface area is 245 Å². The molecule has 43 heavy (non-hydrogen) atoms. The van der Waals surface area contributed by atoms with Crippen LogP contribution in [-0.4, -0.2) is 51.7 Å². The summed E-state index contributed by atoms with van der Waals surface area (Å²) in [6.45, 7) is 4.61. The third-order valence-electron chi connectivity index (χ3n) is 7.55. The summed E-state index contributed by atoms with van der Waals surface area (Å²) >= 11 is 0. The Morgan fingerprint density at radius 1 is 0.860 bits per heavy atom. The van der Waals surface area contributed by atoms with Crippen LogP contribution in [0.15, 0.2) is 83.7 Å². The van der Waals surface area contributed by atoms with E-state index in [4.69, 9.17) is 9.97 Å². The molecule has 0 saturated carbocycles. The smallest absolute Gasteiger partial charge is 0.256 e. The topological polar surface area (TPSA) is 104 Å². The first-order chi connectivity index (χ1) is 20.8. The van der Waals surface area contributed by atoms with E-state index in [9.17, 15) is 23.5 Å². The molecule has 1 aliphatic rings. The van der Waals surface area contributed by atoms with E-state index in [0.29, 0.717) is 35.9 Å². The van der Waals surface area contributed by atoms with Crippen LogP contribution in [0.1, 0.15) is 21.6 Å². The predicted octanol–water partition coefficient (Wildman–Crippen LogP) is 4.33. The number of halogens is 2. The van der Waals surface area contributed by atoms with Gasteiger partial charge >= 0.3 is 0 Å². The van der Waals surface area contributed by atoms with Gasteiger partial charge in [-0.2, -0.15) is 4.98 Å². The number of rotatable bonds is 6. The number of carbonyl (C=O) groups excluding carboxylic acids is 1. The number of anilines is 2. The van der Waals surface area contributed by atoms with E-state index in [1.165, 1.54) is 16.7 Å². The molecule has 0 bridgehead atoms. The Bertz CT molecular complexity index is 1870. The maximum atomic E-state index is 13.9. The van der Waals surface area contributed by atoms with Gasteiger partial charge in [-0.15, -0.1) is 0 Å². The van der Waals surface area contributed by atoms with Crippen molar-refractivity contribution in [2.45, 2.75) is 13.5 Å². The number of benzene rings is 3. The third-order valence-corrected chi connectivity index (χ3v) is 7.55. The molecule has 0 aliphatic carbocycles. The summed E-state index contributed by atoms with van der Waals surface area (Å²) in [5, 5.41) is 13.0. The van der Waals surface area contributed by atoms with Crippen molar-refractivity contribution < 1.29 is 18.7 Å². The van der Waals surface area contributed by atoms with Gasteiger partial charge in [-0.05, 0) is 67.6 Å². The minimum Gasteiger partial charge on any atom is -0.508 e. The standard InChI is InChI=1S/C32H28F2N6O3/c1-20-27-12-13-29(42)40(25-6-3-21(4-7-25)31(43)35-19-22-2-5-23(33)18-28(22)34)30(27)37-32(36-20)39-16-14-38(15-17-39)24-8-10-26(41)11-9-24/h2-13,18,41H,14-17,19H2,1H3,(H,35,43). The molecule has 1 fully saturated rings. The molecule has 2 N–H and O–H groups in total. The largest absolute Gasteiger partial charge is 0.508 e. The van der Waals surface area contributed by atoms with Crippen LogP contribution in [0.3, 0.4) is 0 Å². The van der Waals surface area contributed by atoms with Gasteiger partial charge in [0.05, 0.1) is 11.4 Å².